The summed E-state index contributed by atoms with van der Waals surface area (Å²) in [5.74, 6) is -0.452. The lowest BCUT2D eigenvalue weighted by atomic mass is 9.88. The number of fused-ring (bicyclic) bond motifs is 1. The van der Waals surface area contributed by atoms with E-state index in [2.05, 4.69) is 30.0 Å². The highest BCUT2D eigenvalue weighted by Gasteiger charge is 2.30. The maximum absolute atomic E-state index is 12.2. The van der Waals surface area contributed by atoms with Crippen molar-refractivity contribution in [1.29, 1.82) is 0 Å². The van der Waals surface area contributed by atoms with E-state index in [4.69, 9.17) is 4.74 Å². The Hall–Kier alpha value is -2.30. The van der Waals surface area contributed by atoms with E-state index in [-0.39, 0.29) is 11.9 Å². The number of carbonyl (C=O) groups is 2. The zero-order valence-corrected chi connectivity index (χ0v) is 15.7. The molecule has 0 radical (unpaired) electrons. The molecule has 1 aliphatic rings. The smallest absolute Gasteiger partial charge is 0.341 e. The van der Waals surface area contributed by atoms with Crippen molar-refractivity contribution in [3.63, 3.8) is 0 Å². The first-order valence-corrected chi connectivity index (χ1v) is 8.69. The van der Waals surface area contributed by atoms with Crippen LogP contribution in [-0.2, 0) is 33.7 Å². The molecule has 136 valence electrons. The summed E-state index contributed by atoms with van der Waals surface area (Å²) in [6.07, 6.45) is 4.80. The van der Waals surface area contributed by atoms with Gasteiger partial charge in [-0.3, -0.25) is 4.79 Å². The SMILES string of the molecule is CCc1c(C)c2c(c(NC)c1CC=C(C)CCC(=O)OC)C(=O)OC2. The van der Waals surface area contributed by atoms with Crippen molar-refractivity contribution in [3.05, 3.63) is 39.5 Å². The molecule has 1 heterocycles. The van der Waals surface area contributed by atoms with Crippen LogP contribution < -0.4 is 5.32 Å². The normalized spacial score (nSPS) is 13.5. The molecule has 2 rings (SSSR count). The highest BCUT2D eigenvalue weighted by molar-refractivity contribution is 6.01. The molecule has 0 saturated heterocycles. The molecular formula is C20H27NO4. The van der Waals surface area contributed by atoms with Crippen molar-refractivity contribution in [2.24, 2.45) is 0 Å². The number of carbonyl (C=O) groups excluding carboxylic acids is 2. The lowest BCUT2D eigenvalue weighted by Crippen LogP contribution is -2.10. The zero-order valence-electron chi connectivity index (χ0n) is 15.7. The molecule has 0 aliphatic carbocycles. The third kappa shape index (κ3) is 3.86. The molecule has 0 saturated carbocycles. The number of esters is 2. The Morgan fingerprint density at radius 2 is 2.04 bits per heavy atom. The summed E-state index contributed by atoms with van der Waals surface area (Å²) in [6.45, 7) is 6.57. The molecule has 1 aliphatic heterocycles. The van der Waals surface area contributed by atoms with Gasteiger partial charge in [0.15, 0.2) is 0 Å². The molecule has 0 bridgehead atoms. The fraction of sp³-hybridized carbons (Fsp3) is 0.500. The minimum atomic E-state index is -0.252. The van der Waals surface area contributed by atoms with Gasteiger partial charge < -0.3 is 14.8 Å². The van der Waals surface area contributed by atoms with E-state index < -0.39 is 0 Å². The summed E-state index contributed by atoms with van der Waals surface area (Å²) in [5, 5.41) is 3.21. The summed E-state index contributed by atoms with van der Waals surface area (Å²) >= 11 is 0. The fourth-order valence-electron chi connectivity index (χ4n) is 3.42. The molecule has 1 aromatic rings. The molecule has 25 heavy (non-hydrogen) atoms. The fourth-order valence-corrected chi connectivity index (χ4v) is 3.42. The summed E-state index contributed by atoms with van der Waals surface area (Å²) in [5.41, 5.74) is 7.23. The van der Waals surface area contributed by atoms with Crippen LogP contribution in [0.1, 0.15) is 59.3 Å². The second kappa shape index (κ2) is 8.19. The van der Waals surface area contributed by atoms with E-state index in [9.17, 15) is 9.59 Å². The lowest BCUT2D eigenvalue weighted by Gasteiger charge is -2.19. The third-order valence-corrected chi connectivity index (χ3v) is 4.88. The van der Waals surface area contributed by atoms with Gasteiger partial charge in [-0.15, -0.1) is 0 Å². The summed E-state index contributed by atoms with van der Waals surface area (Å²) in [4.78, 5) is 23.5. The van der Waals surface area contributed by atoms with Gasteiger partial charge in [-0.2, -0.15) is 0 Å². The molecule has 0 spiro atoms. The predicted octanol–water partition coefficient (Wildman–Crippen LogP) is 3.71. The number of allylic oxidation sites excluding steroid dienone is 2. The number of hydrogen-bond donors (Lipinski definition) is 1. The average molecular weight is 345 g/mol. The van der Waals surface area contributed by atoms with Crippen molar-refractivity contribution < 1.29 is 19.1 Å². The maximum Gasteiger partial charge on any atom is 0.341 e. The van der Waals surface area contributed by atoms with E-state index in [0.717, 1.165) is 34.4 Å². The van der Waals surface area contributed by atoms with Gasteiger partial charge in [0.05, 0.1) is 18.4 Å². The van der Waals surface area contributed by atoms with Crippen molar-refractivity contribution in [1.82, 2.24) is 0 Å². The molecular weight excluding hydrogens is 318 g/mol. The molecule has 5 heteroatoms. The predicted molar refractivity (Wildman–Crippen MR) is 97.9 cm³/mol. The van der Waals surface area contributed by atoms with Gasteiger partial charge in [-0.05, 0) is 49.8 Å². The number of rotatable bonds is 7. The van der Waals surface area contributed by atoms with Crippen LogP contribution in [0.4, 0.5) is 5.69 Å². The minimum Gasteiger partial charge on any atom is -0.469 e. The molecule has 0 amide bonds. The highest BCUT2D eigenvalue weighted by Crippen LogP contribution is 2.37. The number of cyclic esters (lactones) is 1. The van der Waals surface area contributed by atoms with E-state index in [1.54, 1.807) is 0 Å². The van der Waals surface area contributed by atoms with E-state index >= 15 is 0 Å². The van der Waals surface area contributed by atoms with Crippen LogP contribution in [-0.4, -0.2) is 26.1 Å². The number of hydrogen-bond acceptors (Lipinski definition) is 5. The summed E-state index contributed by atoms with van der Waals surface area (Å²) in [7, 11) is 3.24. The Labute approximate surface area is 149 Å². The monoisotopic (exact) mass is 345 g/mol. The Balaban J connectivity index is 2.37. The third-order valence-electron chi connectivity index (χ3n) is 4.88. The molecule has 0 unspecified atom stereocenters. The van der Waals surface area contributed by atoms with Crippen LogP contribution in [0.25, 0.3) is 0 Å². The van der Waals surface area contributed by atoms with Gasteiger partial charge in [0, 0.05) is 19.0 Å². The topological polar surface area (TPSA) is 64.6 Å². The van der Waals surface area contributed by atoms with Gasteiger partial charge >= 0.3 is 11.9 Å². The van der Waals surface area contributed by atoms with Crippen molar-refractivity contribution in [3.8, 4) is 0 Å². The van der Waals surface area contributed by atoms with Gasteiger partial charge in [-0.1, -0.05) is 18.6 Å². The minimum absolute atomic E-state index is 0.200. The first kappa shape index (κ1) is 19.0. The number of methoxy groups -OCH3 is 1. The molecule has 1 N–H and O–H groups in total. The van der Waals surface area contributed by atoms with Crippen LogP contribution in [0.3, 0.4) is 0 Å². The quantitative estimate of drug-likeness (QED) is 0.603. The van der Waals surface area contributed by atoms with E-state index in [1.807, 2.05) is 14.0 Å². The van der Waals surface area contributed by atoms with Gasteiger partial charge in [0.2, 0.25) is 0 Å². The second-order valence-electron chi connectivity index (χ2n) is 6.32. The van der Waals surface area contributed by atoms with Crippen molar-refractivity contribution in [2.75, 3.05) is 19.5 Å². The first-order valence-electron chi connectivity index (χ1n) is 8.69. The Morgan fingerprint density at radius 1 is 1.32 bits per heavy atom. The Bertz CT molecular complexity index is 719. The molecule has 1 aromatic carbocycles. The highest BCUT2D eigenvalue weighted by atomic mass is 16.5. The van der Waals surface area contributed by atoms with Gasteiger partial charge in [0.1, 0.15) is 6.61 Å². The second-order valence-corrected chi connectivity index (χ2v) is 6.32. The van der Waals surface area contributed by atoms with Crippen LogP contribution >= 0.6 is 0 Å². The molecule has 0 atom stereocenters. The van der Waals surface area contributed by atoms with Gasteiger partial charge in [-0.25, -0.2) is 4.79 Å². The number of ether oxygens (including phenoxy) is 2. The lowest BCUT2D eigenvalue weighted by molar-refractivity contribution is -0.140. The van der Waals surface area contributed by atoms with Gasteiger partial charge in [0.25, 0.3) is 0 Å². The largest absolute Gasteiger partial charge is 0.469 e. The molecule has 0 fully saturated rings. The van der Waals surface area contributed by atoms with Crippen molar-refractivity contribution >= 4 is 17.6 Å². The number of benzene rings is 1. The van der Waals surface area contributed by atoms with E-state index in [0.29, 0.717) is 31.4 Å². The Kier molecular flexibility index (Phi) is 6.23. The summed E-state index contributed by atoms with van der Waals surface area (Å²) in [6, 6.07) is 0. The molecule has 0 aromatic heterocycles. The van der Waals surface area contributed by atoms with Crippen LogP contribution in [0.2, 0.25) is 0 Å². The van der Waals surface area contributed by atoms with Crippen LogP contribution in [0, 0.1) is 6.92 Å². The standard InChI is InChI=1S/C20H27NO4/c1-6-14-13(3)16-11-25-20(23)18(16)19(21-4)15(14)9-7-12(2)8-10-17(22)24-5/h7,21H,6,8-11H2,1-5H3. The van der Waals surface area contributed by atoms with Crippen LogP contribution in [0.15, 0.2) is 11.6 Å². The molecule has 5 nitrogen and oxygen atoms in total. The zero-order chi connectivity index (χ0) is 18.6. The number of anilines is 1. The maximum atomic E-state index is 12.2. The van der Waals surface area contributed by atoms with Crippen molar-refractivity contribution in [2.45, 2.75) is 53.1 Å². The first-order chi connectivity index (χ1) is 11.9. The number of nitrogens with one attached hydrogen (secondary N) is 1. The average Bonchev–Trinajstić information content (AvgIpc) is 3.00. The van der Waals surface area contributed by atoms with E-state index in [1.165, 1.54) is 12.7 Å². The van der Waals surface area contributed by atoms with Crippen LogP contribution in [0.5, 0.6) is 0 Å². The summed E-state index contributed by atoms with van der Waals surface area (Å²) < 4.78 is 9.95. The Morgan fingerprint density at radius 3 is 2.64 bits per heavy atom.